The molecule has 98 valence electrons. The van der Waals surface area contributed by atoms with Gasteiger partial charge in [-0.25, -0.2) is 5.84 Å². The van der Waals surface area contributed by atoms with Gasteiger partial charge in [-0.1, -0.05) is 24.3 Å². The number of aryl methyl sites for hydroxylation is 1. The van der Waals surface area contributed by atoms with Crippen molar-refractivity contribution in [2.45, 2.75) is 13.8 Å². The number of hydrogen-bond donors (Lipinski definition) is 3. The Balaban J connectivity index is 2.39. The maximum atomic E-state index is 11.7. The van der Waals surface area contributed by atoms with Gasteiger partial charge in [-0.2, -0.15) is 0 Å². The molecule has 0 atom stereocenters. The molecule has 0 fully saturated rings. The Hall–Kier alpha value is -2.33. The molecular weight excluding hydrogens is 238 g/mol. The fourth-order valence-corrected chi connectivity index (χ4v) is 1.90. The second-order valence-corrected chi connectivity index (χ2v) is 4.39. The number of carbonyl (C=O) groups excluding carboxylic acids is 1. The van der Waals surface area contributed by atoms with E-state index >= 15 is 0 Å². The second-order valence-electron chi connectivity index (χ2n) is 4.39. The molecule has 2 rings (SSSR count). The molecule has 0 aliphatic heterocycles. The van der Waals surface area contributed by atoms with Crippen molar-refractivity contribution in [2.24, 2.45) is 5.84 Å². The van der Waals surface area contributed by atoms with Crippen LogP contribution in [0, 0.1) is 13.8 Å². The van der Waals surface area contributed by atoms with Gasteiger partial charge in [0.2, 0.25) is 0 Å². The molecule has 0 bridgehead atoms. The summed E-state index contributed by atoms with van der Waals surface area (Å²) in [5.74, 6) is 4.88. The Morgan fingerprint density at radius 1 is 1.00 bits per heavy atom. The number of rotatable bonds is 3. The van der Waals surface area contributed by atoms with Gasteiger partial charge in [-0.3, -0.25) is 10.2 Å². The zero-order valence-corrected chi connectivity index (χ0v) is 11.0. The summed E-state index contributed by atoms with van der Waals surface area (Å²) in [6.07, 6.45) is 0. The van der Waals surface area contributed by atoms with E-state index in [4.69, 9.17) is 5.84 Å². The third-order valence-corrected chi connectivity index (χ3v) is 3.18. The van der Waals surface area contributed by atoms with Gasteiger partial charge in [-0.05, 0) is 43.2 Å². The topological polar surface area (TPSA) is 67.2 Å². The molecule has 0 aliphatic rings. The molecule has 4 nitrogen and oxygen atoms in total. The summed E-state index contributed by atoms with van der Waals surface area (Å²) in [6, 6.07) is 13.3. The summed E-state index contributed by atoms with van der Waals surface area (Å²) >= 11 is 0. The van der Waals surface area contributed by atoms with Crippen LogP contribution in [0.25, 0.3) is 0 Å². The number of anilines is 2. The lowest BCUT2D eigenvalue weighted by molar-refractivity contribution is 0.0954. The minimum Gasteiger partial charge on any atom is -0.355 e. The summed E-state index contributed by atoms with van der Waals surface area (Å²) in [5, 5.41) is 3.28. The molecule has 0 heterocycles. The molecule has 0 aliphatic carbocycles. The van der Waals surface area contributed by atoms with Crippen LogP contribution in [0.2, 0.25) is 0 Å². The third kappa shape index (κ3) is 2.74. The smallest absolute Gasteiger partial charge is 0.267 e. The van der Waals surface area contributed by atoms with E-state index in [1.807, 2.05) is 31.2 Å². The summed E-state index contributed by atoms with van der Waals surface area (Å²) in [6.45, 7) is 4.10. The first-order chi connectivity index (χ1) is 9.13. The largest absolute Gasteiger partial charge is 0.355 e. The van der Waals surface area contributed by atoms with Gasteiger partial charge in [0.15, 0.2) is 0 Å². The summed E-state index contributed by atoms with van der Waals surface area (Å²) < 4.78 is 0. The number of nitrogens with two attached hydrogens (primary N) is 1. The normalized spacial score (nSPS) is 10.1. The average molecular weight is 255 g/mol. The number of amides is 1. The van der Waals surface area contributed by atoms with Crippen molar-refractivity contribution in [1.82, 2.24) is 5.43 Å². The van der Waals surface area contributed by atoms with Crippen molar-refractivity contribution in [3.05, 3.63) is 59.2 Å². The number of nitrogen functional groups attached to an aromatic ring is 1. The Labute approximate surface area is 112 Å². The lowest BCUT2D eigenvalue weighted by atomic mass is 10.1. The van der Waals surface area contributed by atoms with E-state index in [0.717, 1.165) is 16.9 Å². The van der Waals surface area contributed by atoms with Gasteiger partial charge in [0.1, 0.15) is 0 Å². The number of hydrazine groups is 1. The summed E-state index contributed by atoms with van der Waals surface area (Å²) in [4.78, 5) is 11.7. The maximum absolute atomic E-state index is 11.7. The minimum absolute atomic E-state index is 0.312. The molecule has 19 heavy (non-hydrogen) atoms. The fraction of sp³-hybridized carbons (Fsp3) is 0.133. The van der Waals surface area contributed by atoms with Crippen LogP contribution >= 0.6 is 0 Å². The van der Waals surface area contributed by atoms with Crippen molar-refractivity contribution in [1.29, 1.82) is 0 Å². The molecular formula is C15H17N3O. The van der Waals surface area contributed by atoms with Crippen molar-refractivity contribution < 1.29 is 4.79 Å². The quantitative estimate of drug-likeness (QED) is 0.449. The average Bonchev–Trinajstić information content (AvgIpc) is 2.43. The lowest BCUT2D eigenvalue weighted by Gasteiger charge is -2.14. The Bertz CT molecular complexity index is 608. The molecule has 2 aromatic carbocycles. The van der Waals surface area contributed by atoms with Gasteiger partial charge in [-0.15, -0.1) is 0 Å². The Kier molecular flexibility index (Phi) is 3.82. The standard InChI is InChI=1S/C15H17N3O/c1-10-6-5-9-13(11(10)2)17-14-8-4-3-7-12(14)15(19)18-16/h3-9,17H,16H2,1-2H3,(H,18,19). The number of benzene rings is 2. The van der Waals surface area contributed by atoms with E-state index in [0.29, 0.717) is 5.56 Å². The Morgan fingerprint density at radius 2 is 1.68 bits per heavy atom. The number of nitrogens with one attached hydrogen (secondary N) is 2. The molecule has 1 amide bonds. The van der Waals surface area contributed by atoms with Crippen molar-refractivity contribution >= 4 is 17.3 Å². The zero-order chi connectivity index (χ0) is 13.8. The third-order valence-electron chi connectivity index (χ3n) is 3.18. The van der Waals surface area contributed by atoms with E-state index in [1.165, 1.54) is 5.56 Å². The highest BCUT2D eigenvalue weighted by Crippen LogP contribution is 2.25. The van der Waals surface area contributed by atoms with Crippen LogP contribution in [-0.4, -0.2) is 5.91 Å². The Morgan fingerprint density at radius 3 is 2.42 bits per heavy atom. The predicted octanol–water partition coefficient (Wildman–Crippen LogP) is 2.65. The van der Waals surface area contributed by atoms with Gasteiger partial charge in [0.25, 0.3) is 5.91 Å². The molecule has 0 spiro atoms. The number of carbonyl (C=O) groups is 1. The van der Waals surface area contributed by atoms with Crippen LogP contribution in [0.3, 0.4) is 0 Å². The van der Waals surface area contributed by atoms with E-state index in [2.05, 4.69) is 23.7 Å². The second kappa shape index (κ2) is 5.54. The van der Waals surface area contributed by atoms with Crippen LogP contribution in [0.15, 0.2) is 42.5 Å². The van der Waals surface area contributed by atoms with Crippen LogP contribution in [-0.2, 0) is 0 Å². The molecule has 0 unspecified atom stereocenters. The summed E-state index contributed by atoms with van der Waals surface area (Å²) in [5.41, 5.74) is 6.75. The zero-order valence-electron chi connectivity index (χ0n) is 11.0. The van der Waals surface area contributed by atoms with Crippen LogP contribution in [0.1, 0.15) is 21.5 Å². The first-order valence-corrected chi connectivity index (χ1v) is 6.06. The number of para-hydroxylation sites is 1. The predicted molar refractivity (Wildman–Crippen MR) is 77.3 cm³/mol. The first kappa shape index (κ1) is 13.1. The highest BCUT2D eigenvalue weighted by Gasteiger charge is 2.10. The molecule has 2 aromatic rings. The maximum Gasteiger partial charge on any atom is 0.267 e. The van der Waals surface area contributed by atoms with Crippen molar-refractivity contribution in [3.63, 3.8) is 0 Å². The molecule has 4 heteroatoms. The van der Waals surface area contributed by atoms with Crippen molar-refractivity contribution in [3.8, 4) is 0 Å². The van der Waals surface area contributed by atoms with E-state index < -0.39 is 0 Å². The monoisotopic (exact) mass is 255 g/mol. The molecule has 0 saturated carbocycles. The van der Waals surface area contributed by atoms with Crippen molar-refractivity contribution in [2.75, 3.05) is 5.32 Å². The summed E-state index contributed by atoms with van der Waals surface area (Å²) in [7, 11) is 0. The molecule has 0 aromatic heterocycles. The minimum atomic E-state index is -0.312. The van der Waals surface area contributed by atoms with Gasteiger partial charge < -0.3 is 5.32 Å². The van der Waals surface area contributed by atoms with E-state index in [-0.39, 0.29) is 5.91 Å². The number of hydrogen-bond acceptors (Lipinski definition) is 3. The highest BCUT2D eigenvalue weighted by molar-refractivity contribution is 6.00. The lowest BCUT2D eigenvalue weighted by Crippen LogP contribution is -2.30. The highest BCUT2D eigenvalue weighted by atomic mass is 16.2. The van der Waals surface area contributed by atoms with Crippen LogP contribution in [0.5, 0.6) is 0 Å². The van der Waals surface area contributed by atoms with E-state index in [9.17, 15) is 4.79 Å². The van der Waals surface area contributed by atoms with Gasteiger partial charge in [0, 0.05) is 5.69 Å². The molecule has 0 radical (unpaired) electrons. The van der Waals surface area contributed by atoms with E-state index in [1.54, 1.807) is 12.1 Å². The molecule has 0 saturated heterocycles. The van der Waals surface area contributed by atoms with Gasteiger partial charge >= 0.3 is 0 Å². The molecule has 4 N–H and O–H groups in total. The van der Waals surface area contributed by atoms with Crippen LogP contribution < -0.4 is 16.6 Å². The van der Waals surface area contributed by atoms with Crippen LogP contribution in [0.4, 0.5) is 11.4 Å². The fourth-order valence-electron chi connectivity index (χ4n) is 1.90. The SMILES string of the molecule is Cc1cccc(Nc2ccccc2C(=O)NN)c1C. The van der Waals surface area contributed by atoms with Gasteiger partial charge in [0.05, 0.1) is 11.3 Å². The first-order valence-electron chi connectivity index (χ1n) is 6.06.